The molecule has 0 saturated carbocycles. The van der Waals surface area contributed by atoms with E-state index in [0.717, 1.165) is 54.2 Å². The zero-order valence-electron chi connectivity index (χ0n) is 22.4. The molecule has 2 aliphatic rings. The molecular weight excluding hydrogens is 456 g/mol. The summed E-state index contributed by atoms with van der Waals surface area (Å²) in [5, 5.41) is 7.06. The molecule has 1 saturated heterocycles. The summed E-state index contributed by atoms with van der Waals surface area (Å²) < 4.78 is 12.9. The van der Waals surface area contributed by atoms with Gasteiger partial charge in [-0.25, -0.2) is 0 Å². The van der Waals surface area contributed by atoms with Gasteiger partial charge in [-0.3, -0.25) is 9.59 Å². The van der Waals surface area contributed by atoms with Crippen LogP contribution < -0.4 is 21.1 Å². The van der Waals surface area contributed by atoms with Gasteiger partial charge in [-0.2, -0.15) is 0 Å². The van der Waals surface area contributed by atoms with Crippen molar-refractivity contribution in [2.45, 2.75) is 71.8 Å². The van der Waals surface area contributed by atoms with E-state index < -0.39 is 5.60 Å². The van der Waals surface area contributed by atoms with Gasteiger partial charge in [0.15, 0.2) is 0 Å². The fourth-order valence-corrected chi connectivity index (χ4v) is 4.96. The molecule has 0 aliphatic carbocycles. The van der Waals surface area contributed by atoms with Crippen molar-refractivity contribution in [1.82, 2.24) is 9.88 Å². The highest BCUT2D eigenvalue weighted by molar-refractivity contribution is 5.78. The Morgan fingerprint density at radius 3 is 2.72 bits per heavy atom. The van der Waals surface area contributed by atoms with Crippen LogP contribution in [0.15, 0.2) is 35.3 Å². The molecule has 36 heavy (non-hydrogen) atoms. The second-order valence-electron chi connectivity index (χ2n) is 11.0. The van der Waals surface area contributed by atoms with Crippen LogP contribution in [-0.2, 0) is 27.9 Å². The quantitative estimate of drug-likeness (QED) is 0.537. The number of esters is 1. The molecule has 1 fully saturated rings. The minimum atomic E-state index is -0.508. The van der Waals surface area contributed by atoms with Crippen LogP contribution in [0.4, 0.5) is 11.4 Å². The molecule has 0 bridgehead atoms. The first-order chi connectivity index (χ1) is 17.1. The van der Waals surface area contributed by atoms with Crippen LogP contribution in [0.3, 0.4) is 0 Å². The van der Waals surface area contributed by atoms with Crippen molar-refractivity contribution >= 4 is 17.3 Å². The van der Waals surface area contributed by atoms with E-state index in [1.54, 1.807) is 11.6 Å². The minimum Gasteiger partial charge on any atom is -0.459 e. The van der Waals surface area contributed by atoms with Gasteiger partial charge in [-0.15, -0.1) is 0 Å². The van der Waals surface area contributed by atoms with Gasteiger partial charge >= 0.3 is 5.97 Å². The van der Waals surface area contributed by atoms with Gasteiger partial charge in [0, 0.05) is 50.0 Å². The van der Waals surface area contributed by atoms with Crippen LogP contribution in [0, 0.1) is 12.8 Å². The number of ether oxygens (including phenoxy) is 2. The van der Waals surface area contributed by atoms with Crippen LogP contribution in [0.1, 0.15) is 63.4 Å². The maximum absolute atomic E-state index is 12.5. The van der Waals surface area contributed by atoms with Gasteiger partial charge in [0.1, 0.15) is 17.8 Å². The lowest BCUT2D eigenvalue weighted by Crippen LogP contribution is -2.40. The van der Waals surface area contributed by atoms with Crippen molar-refractivity contribution in [3.05, 3.63) is 57.5 Å². The highest BCUT2D eigenvalue weighted by atomic mass is 16.6. The van der Waals surface area contributed by atoms with Crippen LogP contribution in [-0.4, -0.2) is 41.9 Å². The molecule has 3 unspecified atom stereocenters. The number of carbonyl (C=O) groups is 1. The van der Waals surface area contributed by atoms with Crippen molar-refractivity contribution < 1.29 is 14.3 Å². The van der Waals surface area contributed by atoms with E-state index in [-0.39, 0.29) is 23.7 Å². The molecular formula is C28H40N4O4. The Labute approximate surface area is 214 Å². The number of aromatic nitrogens is 1. The number of anilines is 2. The first-order valence-electron chi connectivity index (χ1n) is 12.9. The molecule has 0 amide bonds. The Bertz CT molecular complexity index is 1120. The number of aryl methyl sites for hydroxylation is 2. The summed E-state index contributed by atoms with van der Waals surface area (Å²) in [6.45, 7) is 12.5. The molecule has 0 radical (unpaired) electrons. The fraction of sp³-hybridized carbons (Fsp3) is 0.571. The summed E-state index contributed by atoms with van der Waals surface area (Å²) >= 11 is 0. The van der Waals surface area contributed by atoms with E-state index in [4.69, 9.17) is 9.47 Å². The van der Waals surface area contributed by atoms with Gasteiger partial charge in [-0.05, 0) is 64.3 Å². The summed E-state index contributed by atoms with van der Waals surface area (Å²) in [4.78, 5) is 27.2. The van der Waals surface area contributed by atoms with E-state index in [1.807, 2.05) is 46.9 Å². The van der Waals surface area contributed by atoms with Crippen LogP contribution in [0.25, 0.3) is 0 Å². The minimum absolute atomic E-state index is 0.0221. The van der Waals surface area contributed by atoms with Gasteiger partial charge in [-0.1, -0.05) is 13.0 Å². The van der Waals surface area contributed by atoms with Crippen LogP contribution in [0.5, 0.6) is 0 Å². The third kappa shape index (κ3) is 5.93. The Morgan fingerprint density at radius 1 is 1.31 bits per heavy atom. The first-order valence-corrected chi connectivity index (χ1v) is 12.9. The molecule has 2 aliphatic heterocycles. The lowest BCUT2D eigenvalue weighted by atomic mass is 10.1. The lowest BCUT2D eigenvalue weighted by Gasteiger charge is -2.29. The molecule has 196 valence electrons. The second kappa shape index (κ2) is 10.6. The van der Waals surface area contributed by atoms with Crippen LogP contribution >= 0.6 is 0 Å². The number of benzene rings is 1. The van der Waals surface area contributed by atoms with E-state index >= 15 is 0 Å². The Balaban J connectivity index is 1.55. The Morgan fingerprint density at radius 2 is 2.08 bits per heavy atom. The molecule has 3 atom stereocenters. The number of carbonyl (C=O) groups excluding carboxylic acids is 1. The molecule has 4 rings (SSSR count). The second-order valence-corrected chi connectivity index (χ2v) is 11.0. The van der Waals surface area contributed by atoms with Crippen molar-refractivity contribution in [1.29, 1.82) is 0 Å². The summed E-state index contributed by atoms with van der Waals surface area (Å²) in [6, 6.07) is 8.04. The number of rotatable bonds is 8. The highest BCUT2D eigenvalue weighted by Crippen LogP contribution is 2.42. The molecule has 8 nitrogen and oxygen atoms in total. The molecule has 1 aromatic heterocycles. The monoisotopic (exact) mass is 496 g/mol. The zero-order chi connectivity index (χ0) is 26.0. The molecule has 1 aromatic carbocycles. The van der Waals surface area contributed by atoms with Gasteiger partial charge in [0.25, 0.3) is 5.56 Å². The highest BCUT2D eigenvalue weighted by Gasteiger charge is 2.33. The number of fused-ring (bicyclic) bond motifs is 1. The zero-order valence-corrected chi connectivity index (χ0v) is 22.4. The van der Waals surface area contributed by atoms with Gasteiger partial charge in [0.05, 0.1) is 18.0 Å². The van der Waals surface area contributed by atoms with Gasteiger partial charge in [0.2, 0.25) is 0 Å². The maximum atomic E-state index is 12.5. The van der Waals surface area contributed by atoms with Crippen LogP contribution in [0.2, 0.25) is 0 Å². The third-order valence-electron chi connectivity index (χ3n) is 6.80. The number of nitrogens with zero attached hydrogens (tertiary/aromatic N) is 2. The van der Waals surface area contributed by atoms with Crippen molar-refractivity contribution in [2.75, 3.05) is 30.0 Å². The third-order valence-corrected chi connectivity index (χ3v) is 6.80. The van der Waals surface area contributed by atoms with Crippen molar-refractivity contribution in [3.8, 4) is 0 Å². The first kappa shape index (κ1) is 26.2. The molecule has 2 aromatic rings. The largest absolute Gasteiger partial charge is 0.459 e. The predicted octanol–water partition coefficient (Wildman–Crippen LogP) is 3.87. The molecule has 3 heterocycles. The summed E-state index contributed by atoms with van der Waals surface area (Å²) in [6.07, 6.45) is 3.56. The van der Waals surface area contributed by atoms with Crippen molar-refractivity contribution in [3.63, 3.8) is 0 Å². The lowest BCUT2D eigenvalue weighted by molar-refractivity contribution is -0.157. The maximum Gasteiger partial charge on any atom is 0.323 e. The fourth-order valence-electron chi connectivity index (χ4n) is 4.96. The summed E-state index contributed by atoms with van der Waals surface area (Å²) in [5.74, 6) is 0.244. The van der Waals surface area contributed by atoms with E-state index in [9.17, 15) is 9.59 Å². The average Bonchev–Trinajstić information content (AvgIpc) is 3.44. The van der Waals surface area contributed by atoms with E-state index in [1.165, 1.54) is 0 Å². The Hall–Kier alpha value is -2.84. The summed E-state index contributed by atoms with van der Waals surface area (Å²) in [5.41, 5.74) is 4.58. The number of hydrogen-bond acceptors (Lipinski definition) is 7. The summed E-state index contributed by atoms with van der Waals surface area (Å²) in [7, 11) is 1.80. The normalized spacial score (nSPS) is 20.2. The van der Waals surface area contributed by atoms with E-state index in [2.05, 4.69) is 33.7 Å². The average molecular weight is 497 g/mol. The topological polar surface area (TPSA) is 84.8 Å². The number of hydrogen-bond donors (Lipinski definition) is 2. The number of nitrogens with one attached hydrogen (secondary N) is 2. The SMILES string of the molecule is CCC(NCc1ccc2c(c1)NC(c1cc(C)c(=O)n(C)c1)N2CC1CCOC1)C(=O)OC(C)(C)C. The molecule has 8 heteroatoms. The van der Waals surface area contributed by atoms with Crippen molar-refractivity contribution in [2.24, 2.45) is 13.0 Å². The van der Waals surface area contributed by atoms with Gasteiger partial charge < -0.3 is 29.6 Å². The van der Waals surface area contributed by atoms with E-state index in [0.29, 0.717) is 18.9 Å². The molecule has 0 spiro atoms. The smallest absolute Gasteiger partial charge is 0.323 e. The standard InChI is InChI=1S/C28H40N4O4/c1-7-22(27(34)36-28(3,4)5)29-14-19-8-9-24-23(13-19)30-25(32(24)15-20-10-11-35-17-20)21-12-18(2)26(33)31(6)16-21/h8-9,12-13,16,20,22,25,29-30H,7,10-11,14-15,17H2,1-6H3. The number of pyridine rings is 1. The molecule has 2 N–H and O–H groups in total. The Kier molecular flexibility index (Phi) is 7.76. The predicted molar refractivity (Wildman–Crippen MR) is 142 cm³/mol.